The highest BCUT2D eigenvalue weighted by Crippen LogP contribution is 2.37. The van der Waals surface area contributed by atoms with Gasteiger partial charge in [0.05, 0.1) is 11.4 Å². The second kappa shape index (κ2) is 5.61. The van der Waals surface area contributed by atoms with Crippen LogP contribution >= 0.6 is 0 Å². The molecule has 0 spiro atoms. The molecule has 112 valence electrons. The maximum atomic E-state index is 12.2. The maximum absolute atomic E-state index is 12.2. The van der Waals surface area contributed by atoms with Crippen molar-refractivity contribution in [1.29, 1.82) is 0 Å². The summed E-state index contributed by atoms with van der Waals surface area (Å²) in [6.07, 6.45) is 2.60. The predicted octanol–water partition coefficient (Wildman–Crippen LogP) is 1.98. The van der Waals surface area contributed by atoms with E-state index in [0.717, 1.165) is 12.5 Å². The Hall–Kier alpha value is -1.27. The van der Waals surface area contributed by atoms with Crippen molar-refractivity contribution >= 4 is 21.4 Å². The Morgan fingerprint density at radius 3 is 2.60 bits per heavy atom. The smallest absolute Gasteiger partial charge is 0.244 e. The van der Waals surface area contributed by atoms with Crippen LogP contribution < -0.4 is 11.1 Å². The molecule has 0 bridgehead atoms. The lowest BCUT2D eigenvalue weighted by Gasteiger charge is -2.18. The third-order valence-electron chi connectivity index (χ3n) is 3.87. The predicted molar refractivity (Wildman–Crippen MR) is 82.1 cm³/mol. The van der Waals surface area contributed by atoms with Crippen molar-refractivity contribution in [1.82, 2.24) is 4.31 Å². The van der Waals surface area contributed by atoms with Crippen LogP contribution in [0.15, 0.2) is 23.1 Å². The van der Waals surface area contributed by atoms with Crippen molar-refractivity contribution < 1.29 is 8.42 Å². The van der Waals surface area contributed by atoms with Gasteiger partial charge in [-0.15, -0.1) is 0 Å². The van der Waals surface area contributed by atoms with Gasteiger partial charge in [-0.2, -0.15) is 0 Å². The number of hydrogen-bond donors (Lipinski definition) is 2. The molecule has 1 saturated carbocycles. The van der Waals surface area contributed by atoms with Gasteiger partial charge in [-0.3, -0.25) is 0 Å². The van der Waals surface area contributed by atoms with Crippen LogP contribution in [0.5, 0.6) is 0 Å². The number of sulfonamides is 1. The Kier molecular flexibility index (Phi) is 4.25. The molecule has 2 rings (SSSR count). The minimum absolute atomic E-state index is 0.159. The minimum Gasteiger partial charge on any atom is -0.396 e. The Morgan fingerprint density at radius 2 is 2.05 bits per heavy atom. The van der Waals surface area contributed by atoms with E-state index in [-0.39, 0.29) is 4.90 Å². The van der Waals surface area contributed by atoms with E-state index in [1.165, 1.54) is 31.2 Å². The first-order valence-corrected chi connectivity index (χ1v) is 8.33. The molecule has 5 nitrogen and oxygen atoms in total. The third-order valence-corrected chi connectivity index (χ3v) is 5.74. The molecule has 1 aromatic carbocycles. The van der Waals surface area contributed by atoms with Gasteiger partial charge in [0.2, 0.25) is 10.0 Å². The average molecular weight is 297 g/mol. The number of anilines is 2. The molecule has 1 atom stereocenters. The lowest BCUT2D eigenvalue weighted by Crippen LogP contribution is -2.23. The zero-order valence-electron chi connectivity index (χ0n) is 12.3. The van der Waals surface area contributed by atoms with E-state index in [9.17, 15) is 8.42 Å². The van der Waals surface area contributed by atoms with Crippen molar-refractivity contribution in [3.63, 3.8) is 0 Å². The van der Waals surface area contributed by atoms with Crippen LogP contribution in [0.4, 0.5) is 11.4 Å². The fourth-order valence-corrected chi connectivity index (χ4v) is 3.25. The molecule has 3 N–H and O–H groups in total. The SMILES string of the molecule is CC(CNc1cccc(S(=O)(=O)N(C)C)c1N)C1CC1. The summed E-state index contributed by atoms with van der Waals surface area (Å²) in [4.78, 5) is 0.159. The highest BCUT2D eigenvalue weighted by molar-refractivity contribution is 7.89. The average Bonchev–Trinajstić information content (AvgIpc) is 3.21. The molecule has 0 saturated heterocycles. The maximum Gasteiger partial charge on any atom is 0.244 e. The molecule has 20 heavy (non-hydrogen) atoms. The Balaban J connectivity index is 2.18. The molecule has 1 fully saturated rings. The second-order valence-corrected chi connectivity index (χ2v) is 7.82. The molecular formula is C14H23N3O2S. The van der Waals surface area contributed by atoms with Gasteiger partial charge in [0.25, 0.3) is 0 Å². The number of rotatable bonds is 6. The summed E-state index contributed by atoms with van der Waals surface area (Å²) < 4.78 is 25.5. The van der Waals surface area contributed by atoms with Crippen molar-refractivity contribution in [3.8, 4) is 0 Å². The molecule has 0 aliphatic heterocycles. The van der Waals surface area contributed by atoms with E-state index < -0.39 is 10.0 Å². The number of para-hydroxylation sites is 1. The lowest BCUT2D eigenvalue weighted by atomic mass is 10.1. The topological polar surface area (TPSA) is 75.4 Å². The largest absolute Gasteiger partial charge is 0.396 e. The van der Waals surface area contributed by atoms with Crippen molar-refractivity contribution in [2.24, 2.45) is 11.8 Å². The standard InChI is InChI=1S/C14H23N3O2S/c1-10(11-7-8-11)9-16-12-5-4-6-13(14(12)15)20(18,19)17(2)3/h4-6,10-11,16H,7-9,15H2,1-3H3. The van der Waals surface area contributed by atoms with E-state index in [1.807, 2.05) is 6.07 Å². The Morgan fingerprint density at radius 1 is 1.40 bits per heavy atom. The summed E-state index contributed by atoms with van der Waals surface area (Å²) in [7, 11) is -0.496. The number of nitrogens with zero attached hydrogens (tertiary/aromatic N) is 1. The van der Waals surface area contributed by atoms with Gasteiger partial charge in [-0.25, -0.2) is 12.7 Å². The van der Waals surface area contributed by atoms with Gasteiger partial charge < -0.3 is 11.1 Å². The van der Waals surface area contributed by atoms with Gasteiger partial charge >= 0.3 is 0 Å². The van der Waals surface area contributed by atoms with Gasteiger partial charge in [0, 0.05) is 20.6 Å². The van der Waals surface area contributed by atoms with Crippen LogP contribution in [0.25, 0.3) is 0 Å². The summed E-state index contributed by atoms with van der Waals surface area (Å²) in [6.45, 7) is 3.03. The first-order valence-electron chi connectivity index (χ1n) is 6.89. The number of nitrogens with one attached hydrogen (secondary N) is 1. The fourth-order valence-electron chi connectivity index (χ4n) is 2.22. The van der Waals surface area contributed by atoms with E-state index in [1.54, 1.807) is 12.1 Å². The number of hydrogen-bond acceptors (Lipinski definition) is 4. The van der Waals surface area contributed by atoms with Crippen LogP contribution in [0.1, 0.15) is 19.8 Å². The molecule has 1 aromatic rings. The molecule has 1 aliphatic carbocycles. The monoisotopic (exact) mass is 297 g/mol. The molecule has 0 radical (unpaired) electrons. The normalized spacial score (nSPS) is 17.2. The quantitative estimate of drug-likeness (QED) is 0.787. The zero-order valence-corrected chi connectivity index (χ0v) is 13.1. The van der Waals surface area contributed by atoms with E-state index in [2.05, 4.69) is 12.2 Å². The molecular weight excluding hydrogens is 274 g/mol. The fraction of sp³-hybridized carbons (Fsp3) is 0.571. The van der Waals surface area contributed by atoms with Crippen LogP contribution in [0, 0.1) is 11.8 Å². The van der Waals surface area contributed by atoms with Gasteiger partial charge in [0.1, 0.15) is 4.90 Å². The van der Waals surface area contributed by atoms with Crippen LogP contribution in [-0.4, -0.2) is 33.4 Å². The van der Waals surface area contributed by atoms with E-state index in [4.69, 9.17) is 5.73 Å². The zero-order chi connectivity index (χ0) is 14.9. The number of nitrogens with two attached hydrogens (primary N) is 1. The Labute approximate surface area is 121 Å². The summed E-state index contributed by atoms with van der Waals surface area (Å²) in [5.41, 5.74) is 7.01. The number of nitrogen functional groups attached to an aromatic ring is 1. The summed E-state index contributed by atoms with van der Waals surface area (Å²) in [5.74, 6) is 1.39. The van der Waals surface area contributed by atoms with Crippen molar-refractivity contribution in [2.45, 2.75) is 24.7 Å². The molecule has 0 amide bonds. The number of benzene rings is 1. The lowest BCUT2D eigenvalue weighted by molar-refractivity contribution is 0.521. The summed E-state index contributed by atoms with van der Waals surface area (Å²) in [6, 6.07) is 5.08. The van der Waals surface area contributed by atoms with Crippen LogP contribution in [-0.2, 0) is 10.0 Å². The third kappa shape index (κ3) is 3.07. The minimum atomic E-state index is -3.50. The Bertz CT molecular complexity index is 580. The molecule has 0 aromatic heterocycles. The highest BCUT2D eigenvalue weighted by Gasteiger charge is 2.28. The van der Waals surface area contributed by atoms with Crippen LogP contribution in [0.2, 0.25) is 0 Å². The molecule has 6 heteroatoms. The van der Waals surface area contributed by atoms with Crippen molar-refractivity contribution in [3.05, 3.63) is 18.2 Å². The van der Waals surface area contributed by atoms with E-state index in [0.29, 0.717) is 17.3 Å². The first kappa shape index (κ1) is 15.1. The molecule has 0 heterocycles. The second-order valence-electron chi connectivity index (χ2n) is 5.70. The van der Waals surface area contributed by atoms with Crippen LogP contribution in [0.3, 0.4) is 0 Å². The molecule has 1 aliphatic rings. The summed E-state index contributed by atoms with van der Waals surface area (Å²) >= 11 is 0. The molecule has 1 unspecified atom stereocenters. The summed E-state index contributed by atoms with van der Waals surface area (Å²) in [5, 5.41) is 3.28. The van der Waals surface area contributed by atoms with Gasteiger partial charge in [0.15, 0.2) is 0 Å². The highest BCUT2D eigenvalue weighted by atomic mass is 32.2. The first-order chi connectivity index (χ1) is 9.34. The van der Waals surface area contributed by atoms with Crippen molar-refractivity contribution in [2.75, 3.05) is 31.7 Å². The van der Waals surface area contributed by atoms with E-state index >= 15 is 0 Å². The van der Waals surface area contributed by atoms with Gasteiger partial charge in [-0.05, 0) is 36.8 Å². The van der Waals surface area contributed by atoms with Gasteiger partial charge in [-0.1, -0.05) is 13.0 Å².